The van der Waals surface area contributed by atoms with Crippen molar-refractivity contribution in [2.45, 2.75) is 20.4 Å². The van der Waals surface area contributed by atoms with Crippen LogP contribution in [0, 0.1) is 13.8 Å². The van der Waals surface area contributed by atoms with Crippen LogP contribution in [0.4, 0.5) is 14.5 Å². The zero-order valence-electron chi connectivity index (χ0n) is 11.6. The quantitative estimate of drug-likeness (QED) is 0.708. The van der Waals surface area contributed by atoms with E-state index < -0.39 is 6.55 Å². The second kappa shape index (κ2) is 5.87. The highest BCUT2D eigenvalue weighted by molar-refractivity contribution is 5.79. The molecule has 104 valence electrons. The molecule has 0 aliphatic rings. The molecule has 0 saturated carbocycles. The molecule has 3 heteroatoms. The van der Waals surface area contributed by atoms with Gasteiger partial charge in [0.1, 0.15) is 0 Å². The summed E-state index contributed by atoms with van der Waals surface area (Å²) in [7, 11) is 0. The Morgan fingerprint density at radius 2 is 1.75 bits per heavy atom. The minimum atomic E-state index is -2.64. The van der Waals surface area contributed by atoms with E-state index in [9.17, 15) is 8.78 Å². The number of benzene rings is 2. The molecule has 0 aromatic heterocycles. The van der Waals surface area contributed by atoms with Gasteiger partial charge in [0.25, 0.3) is 0 Å². The van der Waals surface area contributed by atoms with Crippen molar-refractivity contribution in [3.8, 4) is 0 Å². The fourth-order valence-corrected chi connectivity index (χ4v) is 2.17. The highest BCUT2D eigenvalue weighted by Crippen LogP contribution is 2.31. The van der Waals surface area contributed by atoms with Crippen LogP contribution in [0.25, 0.3) is 5.70 Å². The van der Waals surface area contributed by atoms with E-state index in [4.69, 9.17) is 0 Å². The third kappa shape index (κ3) is 2.87. The Hall–Kier alpha value is -2.16. The number of anilines is 1. The molecule has 0 aliphatic carbocycles. The van der Waals surface area contributed by atoms with Gasteiger partial charge in [0.05, 0.1) is 0 Å². The van der Waals surface area contributed by atoms with E-state index >= 15 is 0 Å². The molecule has 2 aromatic carbocycles. The van der Waals surface area contributed by atoms with Crippen molar-refractivity contribution in [2.75, 3.05) is 4.90 Å². The summed E-state index contributed by atoms with van der Waals surface area (Å²) in [5, 5.41) is 0. The Morgan fingerprint density at radius 3 is 2.35 bits per heavy atom. The summed E-state index contributed by atoms with van der Waals surface area (Å²) in [4.78, 5) is 0.976. The van der Waals surface area contributed by atoms with Crippen molar-refractivity contribution in [1.29, 1.82) is 0 Å². The molecule has 2 rings (SSSR count). The van der Waals surface area contributed by atoms with E-state index in [0.717, 1.165) is 16.0 Å². The number of halogens is 2. The second-order valence-electron chi connectivity index (χ2n) is 4.75. The van der Waals surface area contributed by atoms with Gasteiger partial charge in [0.15, 0.2) is 0 Å². The van der Waals surface area contributed by atoms with Gasteiger partial charge in [-0.1, -0.05) is 48.5 Å². The SMILES string of the molecule is C=C(c1cccc(C)c1)N(c1ccccc1C)C(F)F. The first kappa shape index (κ1) is 14.3. The molecule has 0 N–H and O–H groups in total. The molecule has 0 atom stereocenters. The van der Waals surface area contributed by atoms with E-state index in [2.05, 4.69) is 6.58 Å². The van der Waals surface area contributed by atoms with Crippen molar-refractivity contribution >= 4 is 11.4 Å². The van der Waals surface area contributed by atoms with E-state index in [1.54, 1.807) is 18.2 Å². The summed E-state index contributed by atoms with van der Waals surface area (Å²) >= 11 is 0. The van der Waals surface area contributed by atoms with Crippen LogP contribution >= 0.6 is 0 Å². The Labute approximate surface area is 118 Å². The predicted octanol–water partition coefficient (Wildman–Crippen LogP) is 5.00. The second-order valence-corrected chi connectivity index (χ2v) is 4.75. The van der Waals surface area contributed by atoms with E-state index in [-0.39, 0.29) is 0 Å². The first-order valence-electron chi connectivity index (χ1n) is 6.39. The zero-order chi connectivity index (χ0) is 14.7. The van der Waals surface area contributed by atoms with Crippen LogP contribution in [-0.4, -0.2) is 6.55 Å². The number of nitrogens with zero attached hydrogens (tertiary/aromatic N) is 1. The molecule has 0 saturated heterocycles. The highest BCUT2D eigenvalue weighted by atomic mass is 19.3. The van der Waals surface area contributed by atoms with Crippen molar-refractivity contribution in [1.82, 2.24) is 0 Å². The van der Waals surface area contributed by atoms with Gasteiger partial charge in [-0.3, -0.25) is 4.90 Å². The molecule has 0 unspecified atom stereocenters. The number of hydrogen-bond acceptors (Lipinski definition) is 1. The number of hydrogen-bond donors (Lipinski definition) is 0. The Bertz CT molecular complexity index is 620. The number of para-hydroxylation sites is 1. The van der Waals surface area contributed by atoms with Crippen LogP contribution in [0.1, 0.15) is 16.7 Å². The van der Waals surface area contributed by atoms with E-state index in [0.29, 0.717) is 16.9 Å². The lowest BCUT2D eigenvalue weighted by molar-refractivity contribution is 0.156. The topological polar surface area (TPSA) is 3.24 Å². The van der Waals surface area contributed by atoms with Crippen LogP contribution < -0.4 is 4.90 Å². The fourth-order valence-electron chi connectivity index (χ4n) is 2.17. The zero-order valence-corrected chi connectivity index (χ0v) is 11.6. The minimum Gasteiger partial charge on any atom is -0.285 e. The Kier molecular flexibility index (Phi) is 4.18. The normalized spacial score (nSPS) is 10.7. The molecule has 0 amide bonds. The van der Waals surface area contributed by atoms with E-state index in [1.807, 2.05) is 44.2 Å². The summed E-state index contributed by atoms with van der Waals surface area (Å²) in [5.41, 5.74) is 3.30. The lowest BCUT2D eigenvalue weighted by Crippen LogP contribution is -2.27. The Balaban J connectivity index is 2.44. The lowest BCUT2D eigenvalue weighted by atomic mass is 10.1. The molecule has 0 spiro atoms. The molecule has 0 radical (unpaired) electrons. The van der Waals surface area contributed by atoms with Gasteiger partial charge in [0.2, 0.25) is 0 Å². The third-order valence-corrected chi connectivity index (χ3v) is 3.21. The summed E-state index contributed by atoms with van der Waals surface area (Å²) in [6, 6.07) is 14.5. The standard InChI is InChI=1S/C17H17F2N/c1-12-7-6-9-15(11-12)14(3)20(17(18)19)16-10-5-4-8-13(16)2/h4-11,17H,3H2,1-2H3. The monoisotopic (exact) mass is 273 g/mol. The van der Waals surface area contributed by atoms with Gasteiger partial charge in [-0.05, 0) is 37.1 Å². The minimum absolute atomic E-state index is 0.304. The van der Waals surface area contributed by atoms with Gasteiger partial charge in [0, 0.05) is 11.4 Å². The maximum absolute atomic E-state index is 13.5. The van der Waals surface area contributed by atoms with Crippen LogP contribution in [0.2, 0.25) is 0 Å². The Morgan fingerprint density at radius 1 is 1.05 bits per heavy atom. The molecule has 0 aliphatic heterocycles. The molecule has 2 aromatic rings. The maximum atomic E-state index is 13.5. The summed E-state index contributed by atoms with van der Waals surface area (Å²) in [6.07, 6.45) is 0. The van der Waals surface area contributed by atoms with Crippen molar-refractivity contribution in [2.24, 2.45) is 0 Å². The molecule has 0 bridgehead atoms. The predicted molar refractivity (Wildman–Crippen MR) is 79.9 cm³/mol. The molecule has 0 fully saturated rings. The molecule has 20 heavy (non-hydrogen) atoms. The summed E-state index contributed by atoms with van der Waals surface area (Å²) in [5.74, 6) is 0. The van der Waals surface area contributed by atoms with E-state index in [1.165, 1.54) is 0 Å². The summed E-state index contributed by atoms with van der Waals surface area (Å²) in [6.45, 7) is 4.96. The highest BCUT2D eigenvalue weighted by Gasteiger charge is 2.22. The first-order chi connectivity index (χ1) is 9.50. The van der Waals surface area contributed by atoms with Crippen molar-refractivity contribution in [3.63, 3.8) is 0 Å². The maximum Gasteiger partial charge on any atom is 0.319 e. The first-order valence-corrected chi connectivity index (χ1v) is 6.39. The molecule has 0 heterocycles. The van der Waals surface area contributed by atoms with Crippen molar-refractivity contribution < 1.29 is 8.78 Å². The van der Waals surface area contributed by atoms with Crippen LogP contribution in [-0.2, 0) is 0 Å². The average Bonchev–Trinajstić information content (AvgIpc) is 2.40. The fraction of sp³-hybridized carbons (Fsp3) is 0.176. The van der Waals surface area contributed by atoms with Gasteiger partial charge in [-0.25, -0.2) is 0 Å². The lowest BCUT2D eigenvalue weighted by Gasteiger charge is -2.27. The number of alkyl halides is 2. The average molecular weight is 273 g/mol. The third-order valence-electron chi connectivity index (χ3n) is 3.21. The number of rotatable bonds is 4. The van der Waals surface area contributed by atoms with Crippen molar-refractivity contribution in [3.05, 3.63) is 71.8 Å². The van der Waals surface area contributed by atoms with Gasteiger partial charge in [-0.2, -0.15) is 8.78 Å². The molecule has 1 nitrogen and oxygen atoms in total. The van der Waals surface area contributed by atoms with Gasteiger partial charge >= 0.3 is 6.55 Å². The molecular weight excluding hydrogens is 256 g/mol. The van der Waals surface area contributed by atoms with Gasteiger partial charge in [-0.15, -0.1) is 0 Å². The number of aryl methyl sites for hydroxylation is 2. The molecular formula is C17H17F2N. The van der Waals surface area contributed by atoms with Crippen LogP contribution in [0.5, 0.6) is 0 Å². The van der Waals surface area contributed by atoms with Crippen LogP contribution in [0.3, 0.4) is 0 Å². The summed E-state index contributed by atoms with van der Waals surface area (Å²) < 4.78 is 26.9. The van der Waals surface area contributed by atoms with Gasteiger partial charge < -0.3 is 0 Å². The smallest absolute Gasteiger partial charge is 0.285 e. The van der Waals surface area contributed by atoms with Crippen LogP contribution in [0.15, 0.2) is 55.1 Å². The largest absolute Gasteiger partial charge is 0.319 e.